The second-order valence-electron chi connectivity index (χ2n) is 3.35. The first kappa shape index (κ1) is 11.2. The van der Waals surface area contributed by atoms with Crippen molar-refractivity contribution in [2.24, 2.45) is 0 Å². The van der Waals surface area contributed by atoms with Gasteiger partial charge in [0.15, 0.2) is 0 Å². The molecule has 74 valence electrons. The third-order valence-corrected chi connectivity index (χ3v) is 3.35. The summed E-state index contributed by atoms with van der Waals surface area (Å²) in [6.45, 7) is 0.718. The van der Waals surface area contributed by atoms with Crippen LogP contribution in [0.4, 0.5) is 0 Å². The summed E-state index contributed by atoms with van der Waals surface area (Å²) in [4.78, 5) is 3.22. The molecular weight excluding hydrogens is 250 g/mol. The Kier molecular flexibility index (Phi) is 4.38. The Morgan fingerprint density at radius 3 is 2.77 bits per heavy atom. The lowest BCUT2D eigenvalue weighted by Gasteiger charge is -2.14. The van der Waals surface area contributed by atoms with Crippen molar-refractivity contribution in [1.82, 2.24) is 4.90 Å². The smallest absolute Gasteiger partial charge is 0.0715 e. The Balaban J connectivity index is 2.40. The van der Waals surface area contributed by atoms with E-state index in [1.807, 2.05) is 24.4 Å². The number of likely N-dealkylation sites (N-methyl/N-ethyl adjacent to an activating group) is 1. The van der Waals surface area contributed by atoms with E-state index in [9.17, 15) is 5.11 Å². The van der Waals surface area contributed by atoms with Gasteiger partial charge < -0.3 is 10.0 Å². The maximum atomic E-state index is 9.63. The second-order valence-corrected chi connectivity index (χ2v) is 5.26. The van der Waals surface area contributed by atoms with Crippen LogP contribution in [0.3, 0.4) is 0 Å². The number of rotatable bonds is 4. The molecule has 0 spiro atoms. The molecule has 4 heteroatoms. The van der Waals surface area contributed by atoms with Crippen LogP contribution < -0.4 is 0 Å². The monoisotopic (exact) mass is 263 g/mol. The molecule has 1 unspecified atom stereocenters. The molecule has 2 nitrogen and oxygen atoms in total. The van der Waals surface area contributed by atoms with Crippen LogP contribution in [0.25, 0.3) is 0 Å². The van der Waals surface area contributed by atoms with Crippen molar-refractivity contribution < 1.29 is 5.11 Å². The summed E-state index contributed by atoms with van der Waals surface area (Å²) in [5.74, 6) is 0. The van der Waals surface area contributed by atoms with Gasteiger partial charge in [0.2, 0.25) is 0 Å². The van der Waals surface area contributed by atoms with Crippen molar-refractivity contribution in [2.75, 3.05) is 20.6 Å². The molecule has 0 aliphatic carbocycles. The molecule has 1 aromatic heterocycles. The molecule has 1 rings (SSSR count). The molecule has 1 aromatic rings. The molecule has 1 N–H and O–H groups in total. The average molecular weight is 264 g/mol. The summed E-state index contributed by atoms with van der Waals surface area (Å²) < 4.78 is 1.10. The lowest BCUT2D eigenvalue weighted by molar-refractivity contribution is 0.138. The third-order valence-electron chi connectivity index (χ3n) is 1.63. The van der Waals surface area contributed by atoms with Crippen molar-refractivity contribution in [2.45, 2.75) is 12.5 Å². The minimum absolute atomic E-state index is 0.263. The highest BCUT2D eigenvalue weighted by atomic mass is 79.9. The lowest BCUT2D eigenvalue weighted by atomic mass is 10.2. The number of nitrogens with zero attached hydrogens (tertiary/aromatic N) is 1. The van der Waals surface area contributed by atoms with Gasteiger partial charge in [0, 0.05) is 27.7 Å². The first-order chi connectivity index (χ1) is 6.08. The van der Waals surface area contributed by atoms with E-state index in [-0.39, 0.29) is 6.10 Å². The molecule has 0 saturated heterocycles. The van der Waals surface area contributed by atoms with Gasteiger partial charge in [-0.1, -0.05) is 0 Å². The largest absolute Gasteiger partial charge is 0.391 e. The number of thiophene rings is 1. The Morgan fingerprint density at radius 2 is 2.31 bits per heavy atom. The molecule has 0 saturated carbocycles. The van der Waals surface area contributed by atoms with E-state index in [2.05, 4.69) is 22.0 Å². The summed E-state index contributed by atoms with van der Waals surface area (Å²) in [6, 6.07) is 2.06. The summed E-state index contributed by atoms with van der Waals surface area (Å²) in [6.07, 6.45) is 0.481. The maximum absolute atomic E-state index is 9.63. The van der Waals surface area contributed by atoms with Gasteiger partial charge in [0.25, 0.3) is 0 Å². The zero-order chi connectivity index (χ0) is 9.84. The van der Waals surface area contributed by atoms with Crippen LogP contribution in [-0.2, 0) is 6.42 Å². The fraction of sp³-hybridized carbons (Fsp3) is 0.556. The fourth-order valence-corrected chi connectivity index (χ4v) is 2.70. The number of hydrogen-bond acceptors (Lipinski definition) is 3. The second kappa shape index (κ2) is 5.10. The molecule has 0 radical (unpaired) electrons. The topological polar surface area (TPSA) is 23.5 Å². The van der Waals surface area contributed by atoms with Gasteiger partial charge in [0.05, 0.1) is 6.10 Å². The molecule has 0 aromatic carbocycles. The summed E-state index contributed by atoms with van der Waals surface area (Å²) in [7, 11) is 3.93. The van der Waals surface area contributed by atoms with Crippen molar-refractivity contribution in [3.05, 3.63) is 20.8 Å². The Hall–Kier alpha value is 0.1000. The van der Waals surface area contributed by atoms with Crippen LogP contribution in [0.2, 0.25) is 0 Å². The molecule has 1 heterocycles. The predicted molar refractivity (Wildman–Crippen MR) is 60.3 cm³/mol. The molecule has 0 aliphatic heterocycles. The van der Waals surface area contributed by atoms with Crippen LogP contribution in [-0.4, -0.2) is 36.8 Å². The normalized spacial score (nSPS) is 13.6. The molecule has 1 atom stereocenters. The molecule has 0 bridgehead atoms. The van der Waals surface area contributed by atoms with E-state index >= 15 is 0 Å². The van der Waals surface area contributed by atoms with Crippen LogP contribution in [0, 0.1) is 0 Å². The molecule has 0 aliphatic rings. The first-order valence-electron chi connectivity index (χ1n) is 4.13. The highest BCUT2D eigenvalue weighted by Crippen LogP contribution is 2.20. The van der Waals surface area contributed by atoms with E-state index in [0.717, 1.165) is 17.4 Å². The number of halogens is 1. The Bertz CT molecular complexity index is 262. The number of aliphatic hydroxyl groups is 1. The minimum Gasteiger partial charge on any atom is -0.391 e. The predicted octanol–water partition coefficient (Wildman–Crippen LogP) is 1.98. The zero-order valence-electron chi connectivity index (χ0n) is 7.83. The number of hydrogen-bond donors (Lipinski definition) is 1. The zero-order valence-corrected chi connectivity index (χ0v) is 10.2. The summed E-state index contributed by atoms with van der Waals surface area (Å²) in [5.41, 5.74) is 0. The maximum Gasteiger partial charge on any atom is 0.0715 e. The Morgan fingerprint density at radius 1 is 1.62 bits per heavy atom. The van der Waals surface area contributed by atoms with Gasteiger partial charge in [0.1, 0.15) is 0 Å². The van der Waals surface area contributed by atoms with Gasteiger partial charge >= 0.3 is 0 Å². The van der Waals surface area contributed by atoms with Crippen molar-refractivity contribution in [1.29, 1.82) is 0 Å². The quantitative estimate of drug-likeness (QED) is 0.898. The first-order valence-corrected chi connectivity index (χ1v) is 5.81. The van der Waals surface area contributed by atoms with Crippen LogP contribution in [0.1, 0.15) is 4.88 Å². The SMILES string of the molecule is CN(C)CC(O)Cc1cc(Br)cs1. The van der Waals surface area contributed by atoms with Gasteiger partial charge in [-0.2, -0.15) is 0 Å². The standard InChI is InChI=1S/C9H14BrNOS/c1-11(2)5-8(12)4-9-3-7(10)6-13-9/h3,6,8,12H,4-5H2,1-2H3. The van der Waals surface area contributed by atoms with Crippen LogP contribution >= 0.6 is 27.3 Å². The van der Waals surface area contributed by atoms with E-state index in [1.54, 1.807) is 11.3 Å². The van der Waals surface area contributed by atoms with Crippen LogP contribution in [0.15, 0.2) is 15.9 Å². The van der Waals surface area contributed by atoms with E-state index in [1.165, 1.54) is 4.88 Å². The molecule has 0 amide bonds. The van der Waals surface area contributed by atoms with Crippen molar-refractivity contribution >= 4 is 27.3 Å². The third kappa shape index (κ3) is 4.22. The molecule has 0 fully saturated rings. The van der Waals surface area contributed by atoms with Gasteiger partial charge in [-0.25, -0.2) is 0 Å². The van der Waals surface area contributed by atoms with Gasteiger partial charge in [-0.15, -0.1) is 11.3 Å². The average Bonchev–Trinajstić information content (AvgIpc) is 2.33. The highest BCUT2D eigenvalue weighted by Gasteiger charge is 2.07. The molecular formula is C9H14BrNOS. The lowest BCUT2D eigenvalue weighted by Crippen LogP contribution is -2.27. The van der Waals surface area contributed by atoms with Crippen LogP contribution in [0.5, 0.6) is 0 Å². The van der Waals surface area contributed by atoms with Gasteiger partial charge in [-0.3, -0.25) is 0 Å². The van der Waals surface area contributed by atoms with Gasteiger partial charge in [-0.05, 0) is 36.1 Å². The Labute approximate surface area is 91.3 Å². The summed E-state index contributed by atoms with van der Waals surface area (Å²) >= 11 is 5.07. The van der Waals surface area contributed by atoms with E-state index < -0.39 is 0 Å². The van der Waals surface area contributed by atoms with E-state index in [4.69, 9.17) is 0 Å². The fourth-order valence-electron chi connectivity index (χ4n) is 1.18. The summed E-state index contributed by atoms with van der Waals surface area (Å²) in [5, 5.41) is 11.7. The number of aliphatic hydroxyl groups excluding tert-OH is 1. The van der Waals surface area contributed by atoms with E-state index in [0.29, 0.717) is 0 Å². The molecule has 13 heavy (non-hydrogen) atoms. The van der Waals surface area contributed by atoms with Crippen molar-refractivity contribution in [3.63, 3.8) is 0 Å². The highest BCUT2D eigenvalue weighted by molar-refractivity contribution is 9.10. The minimum atomic E-state index is -0.263. The van der Waals surface area contributed by atoms with Crippen molar-refractivity contribution in [3.8, 4) is 0 Å².